The summed E-state index contributed by atoms with van der Waals surface area (Å²) in [6.07, 6.45) is 0. The summed E-state index contributed by atoms with van der Waals surface area (Å²) in [6.45, 7) is 0. The molecule has 0 N–H and O–H groups in total. The molecule has 0 aliphatic heterocycles. The number of para-hydroxylation sites is 1. The van der Waals surface area contributed by atoms with Gasteiger partial charge in [-0.15, -0.1) is 0 Å². The number of rotatable bonds is 7. The predicted octanol–water partition coefficient (Wildman–Crippen LogP) is 15.9. The predicted molar refractivity (Wildman–Crippen MR) is 254 cm³/mol. The van der Waals surface area contributed by atoms with Crippen LogP contribution in [0.5, 0.6) is 0 Å². The van der Waals surface area contributed by atoms with Gasteiger partial charge in [0, 0.05) is 33.9 Å². The lowest BCUT2D eigenvalue weighted by Crippen LogP contribution is -2.28. The third-order valence-corrected chi connectivity index (χ3v) is 12.7. The third kappa shape index (κ3) is 5.64. The molecule has 1 heterocycles. The SMILES string of the molecule is c1ccc(C2(c3ccccc3)c3ccccc3-c3ccc(-c4ccc(N(c5cccc(-c6ccc7ccccc7c6)c5)c5ccc6c(c5)oc5ccccc56)cc4)cc32)cc1. The lowest BCUT2D eigenvalue weighted by Gasteiger charge is -2.34. The van der Waals surface area contributed by atoms with Gasteiger partial charge in [-0.25, -0.2) is 0 Å². The maximum Gasteiger partial charge on any atom is 0.137 e. The molecule has 11 aromatic rings. The minimum atomic E-state index is -0.452. The zero-order valence-corrected chi connectivity index (χ0v) is 33.4. The van der Waals surface area contributed by atoms with Gasteiger partial charge in [0.1, 0.15) is 11.2 Å². The number of hydrogen-bond acceptors (Lipinski definition) is 2. The molecule has 0 atom stereocenters. The Bertz CT molecular complexity index is 3380. The highest BCUT2D eigenvalue weighted by molar-refractivity contribution is 6.06. The van der Waals surface area contributed by atoms with E-state index in [1.54, 1.807) is 0 Å². The van der Waals surface area contributed by atoms with Crippen LogP contribution in [-0.4, -0.2) is 0 Å². The van der Waals surface area contributed by atoms with Crippen LogP contribution < -0.4 is 4.90 Å². The first-order chi connectivity index (χ1) is 30.2. The minimum Gasteiger partial charge on any atom is -0.456 e. The Morgan fingerprint density at radius 3 is 1.72 bits per heavy atom. The molecule has 286 valence electrons. The van der Waals surface area contributed by atoms with Crippen molar-refractivity contribution < 1.29 is 4.42 Å². The van der Waals surface area contributed by atoms with E-state index in [2.05, 4.69) is 229 Å². The van der Waals surface area contributed by atoms with Gasteiger partial charge in [-0.1, -0.05) is 176 Å². The molecule has 0 unspecified atom stereocenters. The summed E-state index contributed by atoms with van der Waals surface area (Å²) in [6, 6.07) is 86.0. The monoisotopic (exact) mass is 777 g/mol. The zero-order chi connectivity index (χ0) is 40.3. The van der Waals surface area contributed by atoms with Crippen molar-refractivity contribution in [1.29, 1.82) is 0 Å². The Balaban J connectivity index is 0.992. The van der Waals surface area contributed by atoms with E-state index in [1.165, 1.54) is 55.3 Å². The van der Waals surface area contributed by atoms with Gasteiger partial charge in [-0.05, 0) is 121 Å². The van der Waals surface area contributed by atoms with E-state index in [0.717, 1.165) is 50.1 Å². The third-order valence-electron chi connectivity index (χ3n) is 12.7. The second-order valence-corrected chi connectivity index (χ2v) is 16.1. The lowest BCUT2D eigenvalue weighted by molar-refractivity contribution is 0.669. The van der Waals surface area contributed by atoms with Crippen LogP contribution in [0.3, 0.4) is 0 Å². The molecule has 0 radical (unpaired) electrons. The molecule has 1 aliphatic carbocycles. The summed E-state index contributed by atoms with van der Waals surface area (Å²) in [4.78, 5) is 2.34. The van der Waals surface area contributed by atoms with Crippen LogP contribution in [0.4, 0.5) is 17.1 Å². The first kappa shape index (κ1) is 35.0. The van der Waals surface area contributed by atoms with Gasteiger partial charge in [0.15, 0.2) is 0 Å². The van der Waals surface area contributed by atoms with Gasteiger partial charge in [0.25, 0.3) is 0 Å². The summed E-state index contributed by atoms with van der Waals surface area (Å²) in [5, 5.41) is 4.70. The molecular formula is C59H39NO. The molecule has 61 heavy (non-hydrogen) atoms. The van der Waals surface area contributed by atoms with Gasteiger partial charge in [-0.3, -0.25) is 0 Å². The van der Waals surface area contributed by atoms with Crippen molar-refractivity contribution >= 4 is 49.8 Å². The zero-order valence-electron chi connectivity index (χ0n) is 33.4. The number of nitrogens with zero attached hydrogens (tertiary/aromatic N) is 1. The molecule has 0 saturated heterocycles. The lowest BCUT2D eigenvalue weighted by atomic mass is 9.67. The Hall–Kier alpha value is -7.94. The first-order valence-electron chi connectivity index (χ1n) is 21.0. The number of fused-ring (bicyclic) bond motifs is 7. The standard InChI is InChI=1S/C59H39NO/c1-3-17-46(18-4-1)59(47-19-5-2-6-20-47)55-24-11-9-22-51(55)52-34-30-45(38-56(52)59)41-28-31-48(32-29-41)60(50-33-35-54-53-23-10-12-25-57(53)61-58(54)39-50)49-21-13-16-43(37-49)44-27-26-40-14-7-8-15-42(40)36-44/h1-39H. The highest BCUT2D eigenvalue weighted by Gasteiger charge is 2.46. The molecular weight excluding hydrogens is 739 g/mol. The molecule has 0 fully saturated rings. The highest BCUT2D eigenvalue weighted by Crippen LogP contribution is 2.56. The molecule has 1 aromatic heterocycles. The smallest absolute Gasteiger partial charge is 0.137 e. The van der Waals surface area contributed by atoms with Crippen molar-refractivity contribution in [2.75, 3.05) is 4.90 Å². The summed E-state index contributed by atoms with van der Waals surface area (Å²) >= 11 is 0. The maximum atomic E-state index is 6.44. The highest BCUT2D eigenvalue weighted by atomic mass is 16.3. The van der Waals surface area contributed by atoms with Crippen molar-refractivity contribution in [2.24, 2.45) is 0 Å². The average Bonchev–Trinajstić information content (AvgIpc) is 3.85. The van der Waals surface area contributed by atoms with E-state index < -0.39 is 5.41 Å². The molecule has 0 spiro atoms. The van der Waals surface area contributed by atoms with E-state index in [0.29, 0.717) is 0 Å². The molecule has 10 aromatic carbocycles. The van der Waals surface area contributed by atoms with Crippen LogP contribution in [-0.2, 0) is 5.41 Å². The normalized spacial score (nSPS) is 12.7. The van der Waals surface area contributed by atoms with Crippen molar-refractivity contribution in [3.63, 3.8) is 0 Å². The number of benzene rings is 10. The van der Waals surface area contributed by atoms with E-state index in [9.17, 15) is 0 Å². The van der Waals surface area contributed by atoms with E-state index in [-0.39, 0.29) is 0 Å². The van der Waals surface area contributed by atoms with Gasteiger partial charge in [0.05, 0.1) is 5.41 Å². The van der Waals surface area contributed by atoms with Crippen LogP contribution >= 0.6 is 0 Å². The van der Waals surface area contributed by atoms with Crippen LogP contribution in [0.25, 0.3) is 66.1 Å². The number of hydrogen-bond donors (Lipinski definition) is 0. The molecule has 2 heteroatoms. The van der Waals surface area contributed by atoms with E-state index in [1.807, 2.05) is 12.1 Å². The van der Waals surface area contributed by atoms with Crippen LogP contribution in [0, 0.1) is 0 Å². The minimum absolute atomic E-state index is 0.452. The largest absolute Gasteiger partial charge is 0.456 e. The fraction of sp³-hybridized carbons (Fsp3) is 0.0169. The Morgan fingerprint density at radius 2 is 0.902 bits per heavy atom. The van der Waals surface area contributed by atoms with E-state index >= 15 is 0 Å². The fourth-order valence-corrected chi connectivity index (χ4v) is 9.92. The van der Waals surface area contributed by atoms with Crippen molar-refractivity contribution in [1.82, 2.24) is 0 Å². The molecule has 1 aliphatic rings. The molecule has 0 amide bonds. The van der Waals surface area contributed by atoms with Gasteiger partial charge in [-0.2, -0.15) is 0 Å². The summed E-state index contributed by atoms with van der Waals surface area (Å²) in [5.41, 5.74) is 16.9. The van der Waals surface area contributed by atoms with E-state index in [4.69, 9.17) is 4.42 Å². The second-order valence-electron chi connectivity index (χ2n) is 16.1. The Kier molecular flexibility index (Phi) is 8.11. The van der Waals surface area contributed by atoms with Gasteiger partial charge >= 0.3 is 0 Å². The average molecular weight is 778 g/mol. The van der Waals surface area contributed by atoms with Crippen molar-refractivity contribution in [2.45, 2.75) is 5.41 Å². The quantitative estimate of drug-likeness (QED) is 0.160. The topological polar surface area (TPSA) is 16.4 Å². The molecule has 2 nitrogen and oxygen atoms in total. The molecule has 0 bridgehead atoms. The molecule has 0 saturated carbocycles. The number of furan rings is 1. The van der Waals surface area contributed by atoms with Crippen molar-refractivity contribution in [3.8, 4) is 33.4 Å². The van der Waals surface area contributed by atoms with Crippen molar-refractivity contribution in [3.05, 3.63) is 259 Å². The maximum absolute atomic E-state index is 6.44. The van der Waals surface area contributed by atoms with Crippen LogP contribution in [0.15, 0.2) is 241 Å². The van der Waals surface area contributed by atoms with Gasteiger partial charge < -0.3 is 9.32 Å². The van der Waals surface area contributed by atoms with Crippen LogP contribution in [0.2, 0.25) is 0 Å². The van der Waals surface area contributed by atoms with Gasteiger partial charge in [0.2, 0.25) is 0 Å². The summed E-state index contributed by atoms with van der Waals surface area (Å²) < 4.78 is 6.44. The Morgan fingerprint density at radius 1 is 0.311 bits per heavy atom. The Labute approximate surface area is 355 Å². The summed E-state index contributed by atoms with van der Waals surface area (Å²) in [7, 11) is 0. The fourth-order valence-electron chi connectivity index (χ4n) is 9.92. The summed E-state index contributed by atoms with van der Waals surface area (Å²) in [5.74, 6) is 0. The second kappa shape index (κ2) is 14.1. The number of anilines is 3. The van der Waals surface area contributed by atoms with Crippen LogP contribution in [0.1, 0.15) is 22.3 Å². The first-order valence-corrected chi connectivity index (χ1v) is 21.0. The molecule has 12 rings (SSSR count).